The molecule has 4 nitrogen and oxygen atoms in total. The van der Waals surface area contributed by atoms with E-state index in [1.165, 1.54) is 6.07 Å². The van der Waals surface area contributed by atoms with Crippen LogP contribution in [0.4, 0.5) is 18.9 Å². The number of alkyl halides is 3. The number of carbonyl (C=O) groups excluding carboxylic acids is 2. The zero-order valence-electron chi connectivity index (χ0n) is 12.2. The van der Waals surface area contributed by atoms with Crippen LogP contribution >= 0.6 is 11.6 Å². The van der Waals surface area contributed by atoms with Gasteiger partial charge in [0, 0.05) is 11.3 Å². The zero-order valence-corrected chi connectivity index (χ0v) is 12.9. The summed E-state index contributed by atoms with van der Waals surface area (Å²) in [5.74, 6) is -1.12. The minimum absolute atomic E-state index is 0.0642. The summed E-state index contributed by atoms with van der Waals surface area (Å²) in [6.07, 6.45) is -4.63. The summed E-state index contributed by atoms with van der Waals surface area (Å²) in [6.45, 7) is -0.377. The van der Waals surface area contributed by atoms with Gasteiger partial charge in [-0.15, -0.1) is 0 Å². The van der Waals surface area contributed by atoms with E-state index < -0.39 is 28.6 Å². The van der Waals surface area contributed by atoms with Crippen LogP contribution in [0, 0.1) is 0 Å². The van der Waals surface area contributed by atoms with Gasteiger partial charge in [0.25, 0.3) is 5.91 Å². The van der Waals surface area contributed by atoms with Crippen LogP contribution in [-0.4, -0.2) is 18.4 Å². The molecule has 126 valence electrons. The Morgan fingerprint density at radius 1 is 1.04 bits per heavy atom. The molecule has 2 amide bonds. The Hall–Kier alpha value is -2.54. The fourth-order valence-corrected chi connectivity index (χ4v) is 2.10. The number of nitrogens with one attached hydrogen (secondary N) is 2. The second kappa shape index (κ2) is 7.35. The molecule has 0 bridgehead atoms. The lowest BCUT2D eigenvalue weighted by molar-refractivity contribution is -0.137. The Balaban J connectivity index is 1.97. The lowest BCUT2D eigenvalue weighted by Gasteiger charge is -2.12. The molecule has 0 saturated carbocycles. The van der Waals surface area contributed by atoms with Gasteiger partial charge in [-0.05, 0) is 30.3 Å². The molecule has 0 radical (unpaired) electrons. The van der Waals surface area contributed by atoms with E-state index >= 15 is 0 Å². The van der Waals surface area contributed by atoms with Crippen molar-refractivity contribution in [2.24, 2.45) is 0 Å². The van der Waals surface area contributed by atoms with E-state index in [0.29, 0.717) is 5.56 Å². The van der Waals surface area contributed by atoms with Gasteiger partial charge in [-0.3, -0.25) is 9.59 Å². The molecule has 0 aliphatic heterocycles. The average molecular weight is 357 g/mol. The molecule has 2 aromatic carbocycles. The molecule has 0 heterocycles. The Morgan fingerprint density at radius 2 is 1.71 bits per heavy atom. The Labute approximate surface area is 140 Å². The van der Waals surface area contributed by atoms with E-state index in [9.17, 15) is 22.8 Å². The van der Waals surface area contributed by atoms with Gasteiger partial charge in [0.1, 0.15) is 0 Å². The molecular weight excluding hydrogens is 345 g/mol. The zero-order chi connectivity index (χ0) is 17.7. The van der Waals surface area contributed by atoms with Crippen LogP contribution in [0.1, 0.15) is 15.9 Å². The largest absolute Gasteiger partial charge is 0.417 e. The topological polar surface area (TPSA) is 58.2 Å². The van der Waals surface area contributed by atoms with Gasteiger partial charge in [-0.1, -0.05) is 29.8 Å². The maximum atomic E-state index is 12.8. The highest BCUT2D eigenvalue weighted by Crippen LogP contribution is 2.36. The second-order valence-corrected chi connectivity index (χ2v) is 5.20. The highest BCUT2D eigenvalue weighted by Gasteiger charge is 2.33. The summed E-state index contributed by atoms with van der Waals surface area (Å²) in [4.78, 5) is 23.5. The van der Waals surface area contributed by atoms with Crippen LogP contribution in [0.3, 0.4) is 0 Å². The molecule has 0 fully saturated rings. The molecule has 2 N–H and O–H groups in total. The van der Waals surface area contributed by atoms with Crippen LogP contribution in [0.5, 0.6) is 0 Å². The molecule has 0 aromatic heterocycles. The van der Waals surface area contributed by atoms with E-state index in [1.807, 2.05) is 0 Å². The summed E-state index contributed by atoms with van der Waals surface area (Å²) in [5.41, 5.74) is -0.739. The highest BCUT2D eigenvalue weighted by molar-refractivity contribution is 6.31. The third-order valence-electron chi connectivity index (χ3n) is 3.00. The van der Waals surface area contributed by atoms with Crippen LogP contribution in [0.25, 0.3) is 0 Å². The number of carbonyl (C=O) groups is 2. The lowest BCUT2D eigenvalue weighted by Crippen LogP contribution is -2.32. The van der Waals surface area contributed by atoms with Gasteiger partial charge in [-0.2, -0.15) is 13.2 Å². The van der Waals surface area contributed by atoms with Crippen molar-refractivity contribution >= 4 is 29.1 Å². The van der Waals surface area contributed by atoms with Crippen molar-refractivity contribution in [1.82, 2.24) is 5.32 Å². The van der Waals surface area contributed by atoms with Gasteiger partial charge >= 0.3 is 6.18 Å². The van der Waals surface area contributed by atoms with Gasteiger partial charge in [0.05, 0.1) is 17.1 Å². The molecule has 2 aromatic rings. The number of benzene rings is 2. The van der Waals surface area contributed by atoms with Crippen molar-refractivity contribution in [3.8, 4) is 0 Å². The SMILES string of the molecule is O=C(CNC(=O)c1ccccc1)Nc1ccc(Cl)c(C(F)(F)F)c1. The van der Waals surface area contributed by atoms with Crippen molar-refractivity contribution in [1.29, 1.82) is 0 Å². The fraction of sp³-hybridized carbons (Fsp3) is 0.125. The average Bonchev–Trinajstić information content (AvgIpc) is 2.54. The monoisotopic (exact) mass is 356 g/mol. The summed E-state index contributed by atoms with van der Waals surface area (Å²) in [7, 11) is 0. The Kier molecular flexibility index (Phi) is 5.46. The van der Waals surface area contributed by atoms with Gasteiger partial charge in [-0.25, -0.2) is 0 Å². The number of amides is 2. The summed E-state index contributed by atoms with van der Waals surface area (Å²) in [5, 5.41) is 4.19. The van der Waals surface area contributed by atoms with Crippen molar-refractivity contribution < 1.29 is 22.8 Å². The molecule has 0 unspecified atom stereocenters. The predicted molar refractivity (Wildman–Crippen MR) is 83.9 cm³/mol. The first-order valence-corrected chi connectivity index (χ1v) is 7.15. The van der Waals surface area contributed by atoms with Gasteiger partial charge in [0.15, 0.2) is 0 Å². The molecular formula is C16H12ClF3N2O2. The van der Waals surface area contributed by atoms with E-state index in [0.717, 1.165) is 12.1 Å². The van der Waals surface area contributed by atoms with Crippen molar-refractivity contribution in [2.75, 3.05) is 11.9 Å². The van der Waals surface area contributed by atoms with E-state index in [-0.39, 0.29) is 12.2 Å². The molecule has 2 rings (SSSR count). The van der Waals surface area contributed by atoms with Crippen molar-refractivity contribution in [3.63, 3.8) is 0 Å². The quantitative estimate of drug-likeness (QED) is 0.877. The van der Waals surface area contributed by atoms with E-state index in [1.54, 1.807) is 30.3 Å². The maximum Gasteiger partial charge on any atom is 0.417 e. The summed E-state index contributed by atoms with van der Waals surface area (Å²) >= 11 is 5.50. The van der Waals surface area contributed by atoms with Crippen molar-refractivity contribution in [3.05, 3.63) is 64.7 Å². The Morgan fingerprint density at radius 3 is 2.33 bits per heavy atom. The number of hydrogen-bond acceptors (Lipinski definition) is 2. The second-order valence-electron chi connectivity index (χ2n) is 4.79. The number of rotatable bonds is 4. The normalized spacial score (nSPS) is 11.0. The molecule has 0 spiro atoms. The molecule has 0 aliphatic rings. The first-order valence-electron chi connectivity index (χ1n) is 6.77. The summed E-state index contributed by atoms with van der Waals surface area (Å²) < 4.78 is 38.3. The number of hydrogen-bond donors (Lipinski definition) is 2. The van der Waals surface area contributed by atoms with E-state index in [2.05, 4.69) is 10.6 Å². The highest BCUT2D eigenvalue weighted by atomic mass is 35.5. The smallest absolute Gasteiger partial charge is 0.343 e. The first-order chi connectivity index (χ1) is 11.3. The van der Waals surface area contributed by atoms with Crippen LogP contribution < -0.4 is 10.6 Å². The third-order valence-corrected chi connectivity index (χ3v) is 3.33. The minimum atomic E-state index is -4.63. The number of anilines is 1. The molecule has 8 heteroatoms. The van der Waals surface area contributed by atoms with Crippen LogP contribution in [-0.2, 0) is 11.0 Å². The Bertz CT molecular complexity index is 749. The molecule has 24 heavy (non-hydrogen) atoms. The summed E-state index contributed by atoms with van der Waals surface area (Å²) in [6, 6.07) is 11.2. The standard InChI is InChI=1S/C16H12ClF3N2O2/c17-13-7-6-11(8-12(13)16(18,19)20)22-14(23)9-21-15(24)10-4-2-1-3-5-10/h1-8H,9H2,(H,21,24)(H,22,23). The lowest BCUT2D eigenvalue weighted by atomic mass is 10.2. The number of halogens is 4. The van der Waals surface area contributed by atoms with E-state index in [4.69, 9.17) is 11.6 Å². The van der Waals surface area contributed by atoms with Gasteiger partial charge < -0.3 is 10.6 Å². The third kappa shape index (κ3) is 4.73. The first kappa shape index (κ1) is 17.8. The maximum absolute atomic E-state index is 12.8. The van der Waals surface area contributed by atoms with Crippen molar-refractivity contribution in [2.45, 2.75) is 6.18 Å². The van der Waals surface area contributed by atoms with Crippen LogP contribution in [0.2, 0.25) is 5.02 Å². The molecule has 0 aliphatic carbocycles. The van der Waals surface area contributed by atoms with Gasteiger partial charge in [0.2, 0.25) is 5.91 Å². The molecule has 0 saturated heterocycles. The minimum Gasteiger partial charge on any atom is -0.343 e. The fourth-order valence-electron chi connectivity index (χ4n) is 1.88. The molecule has 0 atom stereocenters. The predicted octanol–water partition coefficient (Wildman–Crippen LogP) is 3.73. The van der Waals surface area contributed by atoms with Crippen LogP contribution in [0.15, 0.2) is 48.5 Å².